The monoisotopic (exact) mass is 326 g/mol. The fourth-order valence-electron chi connectivity index (χ4n) is 3.34. The number of carbonyl (C=O) groups excluding carboxylic acids is 1. The van der Waals surface area contributed by atoms with Gasteiger partial charge in [-0.05, 0) is 30.5 Å². The summed E-state index contributed by atoms with van der Waals surface area (Å²) in [5, 5.41) is 10.4. The molecule has 1 amide bonds. The number of nitrogens with zero attached hydrogens (tertiary/aromatic N) is 2. The van der Waals surface area contributed by atoms with Crippen molar-refractivity contribution in [3.8, 4) is 11.1 Å². The molecule has 6 heteroatoms. The molecule has 0 aliphatic carbocycles. The van der Waals surface area contributed by atoms with E-state index in [1.807, 2.05) is 35.4 Å². The smallest absolute Gasteiger partial charge is 0.253 e. The van der Waals surface area contributed by atoms with Gasteiger partial charge in [-0.3, -0.25) is 9.89 Å². The molecule has 24 heavy (non-hydrogen) atoms. The van der Waals surface area contributed by atoms with Gasteiger partial charge in [0, 0.05) is 55.7 Å². The van der Waals surface area contributed by atoms with Crippen molar-refractivity contribution in [2.24, 2.45) is 0 Å². The van der Waals surface area contributed by atoms with Crippen LogP contribution in [-0.4, -0.2) is 59.4 Å². The Morgan fingerprint density at radius 2 is 1.88 bits per heavy atom. The average molecular weight is 326 g/mol. The number of H-pyrrole nitrogens is 1. The third kappa shape index (κ3) is 3.20. The third-order valence-electron chi connectivity index (χ3n) is 4.82. The molecule has 2 aromatic rings. The molecule has 6 nitrogen and oxygen atoms in total. The number of ether oxygens (including phenoxy) is 1. The van der Waals surface area contributed by atoms with Crippen LogP contribution in [0.2, 0.25) is 0 Å². The molecule has 0 unspecified atom stereocenters. The molecule has 2 N–H and O–H groups in total. The summed E-state index contributed by atoms with van der Waals surface area (Å²) in [6.07, 6.45) is 5.76. The van der Waals surface area contributed by atoms with Gasteiger partial charge in [-0.15, -0.1) is 0 Å². The number of hydrogen-bond acceptors (Lipinski definition) is 4. The molecule has 1 aromatic heterocycles. The molecule has 0 spiro atoms. The van der Waals surface area contributed by atoms with Gasteiger partial charge in [0.15, 0.2) is 0 Å². The molecule has 0 saturated carbocycles. The first kappa shape index (κ1) is 15.4. The van der Waals surface area contributed by atoms with Gasteiger partial charge < -0.3 is 15.0 Å². The molecule has 126 valence electrons. The number of aromatic nitrogens is 2. The predicted octanol–water partition coefficient (Wildman–Crippen LogP) is 1.67. The second-order valence-corrected chi connectivity index (χ2v) is 6.52. The van der Waals surface area contributed by atoms with Gasteiger partial charge in [-0.1, -0.05) is 12.1 Å². The molecule has 2 saturated heterocycles. The Kier molecular flexibility index (Phi) is 4.32. The number of benzene rings is 1. The normalized spacial score (nSPS) is 19.2. The van der Waals surface area contributed by atoms with Gasteiger partial charge in [-0.2, -0.15) is 5.10 Å². The lowest BCUT2D eigenvalue weighted by atomic mass is 10.0. The topological polar surface area (TPSA) is 70.2 Å². The maximum absolute atomic E-state index is 12.5. The average Bonchev–Trinajstić information content (AvgIpc) is 3.13. The molecule has 0 radical (unpaired) electrons. The van der Waals surface area contributed by atoms with Gasteiger partial charge in [-0.25, -0.2) is 0 Å². The quantitative estimate of drug-likeness (QED) is 0.897. The van der Waals surface area contributed by atoms with E-state index in [0.717, 1.165) is 55.8 Å². The molecule has 4 rings (SSSR count). The van der Waals surface area contributed by atoms with Crippen molar-refractivity contribution in [2.45, 2.75) is 24.9 Å². The largest absolute Gasteiger partial charge is 0.381 e. The summed E-state index contributed by atoms with van der Waals surface area (Å²) in [6, 6.07) is 8.68. The van der Waals surface area contributed by atoms with Crippen molar-refractivity contribution in [1.82, 2.24) is 20.4 Å². The lowest BCUT2D eigenvalue weighted by Crippen LogP contribution is -2.62. The highest BCUT2D eigenvalue weighted by atomic mass is 16.5. The Morgan fingerprint density at radius 3 is 2.54 bits per heavy atom. The van der Waals surface area contributed by atoms with Crippen LogP contribution < -0.4 is 5.32 Å². The first-order chi connectivity index (χ1) is 11.8. The van der Waals surface area contributed by atoms with Crippen LogP contribution in [0.15, 0.2) is 36.7 Å². The molecule has 2 aliphatic heterocycles. The number of aromatic amines is 1. The van der Waals surface area contributed by atoms with Gasteiger partial charge in [0.25, 0.3) is 5.91 Å². The Morgan fingerprint density at radius 1 is 1.12 bits per heavy atom. The highest BCUT2D eigenvalue weighted by Gasteiger charge is 2.32. The summed E-state index contributed by atoms with van der Waals surface area (Å²) in [5.41, 5.74) is 2.83. The highest BCUT2D eigenvalue weighted by molar-refractivity contribution is 5.95. The van der Waals surface area contributed by atoms with Crippen LogP contribution in [0.4, 0.5) is 0 Å². The summed E-state index contributed by atoms with van der Waals surface area (Å²) in [5.74, 6) is 0.110. The number of amides is 1. The number of rotatable bonds is 4. The predicted molar refractivity (Wildman–Crippen MR) is 90.7 cm³/mol. The van der Waals surface area contributed by atoms with Crippen molar-refractivity contribution >= 4 is 5.91 Å². The summed E-state index contributed by atoms with van der Waals surface area (Å²) in [7, 11) is 0. The molecule has 3 heterocycles. The zero-order valence-corrected chi connectivity index (χ0v) is 13.6. The molecular formula is C18H22N4O2. The van der Waals surface area contributed by atoms with E-state index in [9.17, 15) is 4.79 Å². The van der Waals surface area contributed by atoms with Crippen molar-refractivity contribution in [3.63, 3.8) is 0 Å². The van der Waals surface area contributed by atoms with Gasteiger partial charge >= 0.3 is 0 Å². The minimum atomic E-state index is 0.110. The zero-order chi connectivity index (χ0) is 16.4. The number of nitrogens with one attached hydrogen (secondary N) is 2. The lowest BCUT2D eigenvalue weighted by Gasteiger charge is -2.42. The van der Waals surface area contributed by atoms with Crippen LogP contribution in [0.3, 0.4) is 0 Å². The zero-order valence-electron chi connectivity index (χ0n) is 13.6. The van der Waals surface area contributed by atoms with Crippen LogP contribution >= 0.6 is 0 Å². The standard InChI is InChI=1S/C18H22N4O2/c23-18(14-3-1-13(2-4-14)15-9-19-20-10-15)22-11-17(12-22)21-16-5-7-24-8-6-16/h1-4,9-10,16-17,21H,5-8,11-12H2,(H,19,20). The van der Waals surface area contributed by atoms with Crippen molar-refractivity contribution in [1.29, 1.82) is 0 Å². The minimum Gasteiger partial charge on any atom is -0.381 e. The van der Waals surface area contributed by atoms with Crippen LogP contribution in [0.1, 0.15) is 23.2 Å². The second kappa shape index (κ2) is 6.75. The van der Waals surface area contributed by atoms with Gasteiger partial charge in [0.2, 0.25) is 0 Å². The number of carbonyl (C=O) groups is 1. The van der Waals surface area contributed by atoms with E-state index < -0.39 is 0 Å². The third-order valence-corrected chi connectivity index (χ3v) is 4.82. The van der Waals surface area contributed by atoms with E-state index in [1.165, 1.54) is 0 Å². The molecule has 1 aromatic carbocycles. The fraction of sp³-hybridized carbons (Fsp3) is 0.444. The fourth-order valence-corrected chi connectivity index (χ4v) is 3.34. The molecule has 0 bridgehead atoms. The van der Waals surface area contributed by atoms with Crippen LogP contribution in [0.25, 0.3) is 11.1 Å². The SMILES string of the molecule is O=C(c1ccc(-c2cn[nH]c2)cc1)N1CC(NC2CCOCC2)C1. The summed E-state index contributed by atoms with van der Waals surface area (Å²) in [6.45, 7) is 3.27. The molecule has 0 atom stereocenters. The van der Waals surface area contributed by atoms with Crippen LogP contribution in [0.5, 0.6) is 0 Å². The van der Waals surface area contributed by atoms with Crippen molar-refractivity contribution < 1.29 is 9.53 Å². The second-order valence-electron chi connectivity index (χ2n) is 6.52. The maximum atomic E-state index is 12.5. The maximum Gasteiger partial charge on any atom is 0.253 e. The van der Waals surface area contributed by atoms with Gasteiger partial charge in [0.05, 0.1) is 6.20 Å². The first-order valence-electron chi connectivity index (χ1n) is 8.52. The molecule has 2 fully saturated rings. The summed E-state index contributed by atoms with van der Waals surface area (Å²) in [4.78, 5) is 14.4. The summed E-state index contributed by atoms with van der Waals surface area (Å²) >= 11 is 0. The Hall–Kier alpha value is -2.18. The number of hydrogen-bond donors (Lipinski definition) is 2. The summed E-state index contributed by atoms with van der Waals surface area (Å²) < 4.78 is 5.38. The van der Waals surface area contributed by atoms with Crippen molar-refractivity contribution in [2.75, 3.05) is 26.3 Å². The van der Waals surface area contributed by atoms with Crippen LogP contribution in [-0.2, 0) is 4.74 Å². The van der Waals surface area contributed by atoms with Crippen LogP contribution in [0, 0.1) is 0 Å². The van der Waals surface area contributed by atoms with E-state index >= 15 is 0 Å². The highest BCUT2D eigenvalue weighted by Crippen LogP contribution is 2.20. The van der Waals surface area contributed by atoms with E-state index in [4.69, 9.17) is 4.74 Å². The van der Waals surface area contributed by atoms with Crippen molar-refractivity contribution in [3.05, 3.63) is 42.2 Å². The number of likely N-dealkylation sites (tertiary alicyclic amines) is 1. The first-order valence-corrected chi connectivity index (χ1v) is 8.52. The Labute approximate surface area is 141 Å². The van der Waals surface area contributed by atoms with E-state index in [2.05, 4.69) is 15.5 Å². The molecule has 2 aliphatic rings. The van der Waals surface area contributed by atoms with E-state index in [-0.39, 0.29) is 5.91 Å². The Bertz CT molecular complexity index is 672. The van der Waals surface area contributed by atoms with E-state index in [0.29, 0.717) is 12.1 Å². The van der Waals surface area contributed by atoms with Gasteiger partial charge in [0.1, 0.15) is 0 Å². The lowest BCUT2D eigenvalue weighted by molar-refractivity contribution is 0.0441. The minimum absolute atomic E-state index is 0.110. The Balaban J connectivity index is 1.30. The van der Waals surface area contributed by atoms with E-state index in [1.54, 1.807) is 6.20 Å². The molecular weight excluding hydrogens is 304 g/mol.